The summed E-state index contributed by atoms with van der Waals surface area (Å²) in [5.41, 5.74) is 6.66. The predicted molar refractivity (Wildman–Crippen MR) is 141 cm³/mol. The summed E-state index contributed by atoms with van der Waals surface area (Å²) in [6.07, 6.45) is 4.11. The molecule has 2 atom stereocenters. The van der Waals surface area contributed by atoms with E-state index in [2.05, 4.69) is 10.4 Å². The molecule has 0 saturated carbocycles. The average Bonchev–Trinajstić information content (AvgIpc) is 3.31. The number of carbonyl (C=O) groups excluding carboxylic acids is 3. The quantitative estimate of drug-likeness (QED) is 0.281. The van der Waals surface area contributed by atoms with Gasteiger partial charge in [-0.15, -0.1) is 0 Å². The number of amides is 3. The van der Waals surface area contributed by atoms with Crippen molar-refractivity contribution in [1.29, 1.82) is 0 Å². The number of hydrogen-bond acceptors (Lipinski definition) is 6. The van der Waals surface area contributed by atoms with E-state index in [4.69, 9.17) is 0 Å². The van der Waals surface area contributed by atoms with Gasteiger partial charge in [0.2, 0.25) is 18.7 Å². The third kappa shape index (κ3) is 6.04. The number of carboxylic acid groups (broad SMARTS) is 1. The van der Waals surface area contributed by atoms with E-state index < -0.39 is 18.1 Å². The molecule has 2 heterocycles. The van der Waals surface area contributed by atoms with E-state index in [1.807, 2.05) is 43.3 Å². The number of pyridine rings is 1. The van der Waals surface area contributed by atoms with Crippen molar-refractivity contribution in [3.63, 3.8) is 0 Å². The highest BCUT2D eigenvalue weighted by Crippen LogP contribution is 2.33. The van der Waals surface area contributed by atoms with Gasteiger partial charge in [-0.2, -0.15) is 0 Å². The largest absolute Gasteiger partial charge is 0.481 e. The van der Waals surface area contributed by atoms with Crippen molar-refractivity contribution in [1.82, 2.24) is 15.3 Å². The van der Waals surface area contributed by atoms with Gasteiger partial charge in [-0.25, -0.2) is 10.4 Å². The van der Waals surface area contributed by atoms with Crippen LogP contribution in [0.2, 0.25) is 0 Å². The maximum atomic E-state index is 13.2. The minimum absolute atomic E-state index is 0.0441. The van der Waals surface area contributed by atoms with Gasteiger partial charge in [0, 0.05) is 37.6 Å². The van der Waals surface area contributed by atoms with Crippen molar-refractivity contribution in [3.8, 4) is 0 Å². The molecule has 1 saturated heterocycles. The zero-order valence-corrected chi connectivity index (χ0v) is 20.9. The Morgan fingerprint density at radius 2 is 1.95 bits per heavy atom. The highest BCUT2D eigenvalue weighted by molar-refractivity contribution is 5.98. The van der Waals surface area contributed by atoms with Crippen molar-refractivity contribution in [3.05, 3.63) is 89.7 Å². The Hall–Kier alpha value is -4.57. The third-order valence-corrected chi connectivity index (χ3v) is 6.61. The van der Waals surface area contributed by atoms with Gasteiger partial charge in [-0.1, -0.05) is 42.5 Å². The molecule has 1 fully saturated rings. The normalized spacial score (nSPS) is 15.7. The number of carbonyl (C=O) groups is 4. The van der Waals surface area contributed by atoms with Crippen LogP contribution in [0.3, 0.4) is 0 Å². The zero-order valence-electron chi connectivity index (χ0n) is 20.9. The lowest BCUT2D eigenvalue weighted by atomic mass is 10.0. The SMILES string of the molecule is Cc1ccc(N(C=O)NCc2ccccc2)cc1N1CC(N(C=O)C(CC(=O)O)c2cccnc2)CC1=O. The molecule has 0 bridgehead atoms. The van der Waals surface area contributed by atoms with E-state index in [-0.39, 0.29) is 25.3 Å². The van der Waals surface area contributed by atoms with Crippen molar-refractivity contribution in [2.24, 2.45) is 0 Å². The van der Waals surface area contributed by atoms with E-state index in [1.165, 1.54) is 16.1 Å². The summed E-state index contributed by atoms with van der Waals surface area (Å²) >= 11 is 0. The molecular weight excluding hydrogens is 486 g/mol. The van der Waals surface area contributed by atoms with Crippen molar-refractivity contribution >= 4 is 36.1 Å². The van der Waals surface area contributed by atoms with Crippen LogP contribution in [-0.4, -0.2) is 52.3 Å². The van der Waals surface area contributed by atoms with Gasteiger partial charge in [-0.3, -0.25) is 24.2 Å². The molecule has 2 N–H and O–H groups in total. The van der Waals surface area contributed by atoms with E-state index in [1.54, 1.807) is 35.4 Å². The molecule has 1 aliphatic heterocycles. The molecule has 0 spiro atoms. The highest BCUT2D eigenvalue weighted by atomic mass is 16.4. The first-order valence-electron chi connectivity index (χ1n) is 12.2. The second kappa shape index (κ2) is 12.1. The minimum atomic E-state index is -1.06. The summed E-state index contributed by atoms with van der Waals surface area (Å²) in [6.45, 7) is 2.49. The molecule has 1 aromatic heterocycles. The minimum Gasteiger partial charge on any atom is -0.481 e. The lowest BCUT2D eigenvalue weighted by Gasteiger charge is -2.32. The van der Waals surface area contributed by atoms with Crippen LogP contribution >= 0.6 is 0 Å². The molecule has 38 heavy (non-hydrogen) atoms. The first-order valence-corrected chi connectivity index (χ1v) is 12.2. The fraction of sp³-hybridized carbons (Fsp3) is 0.250. The number of benzene rings is 2. The van der Waals surface area contributed by atoms with Gasteiger partial charge in [0.05, 0.1) is 24.2 Å². The number of nitrogens with one attached hydrogen (secondary N) is 1. The lowest BCUT2D eigenvalue weighted by molar-refractivity contribution is -0.139. The standard InChI is InChI=1S/C28H29N5O5/c1-20-9-10-23(33(19-35)30-15-21-6-3-2-4-7-21)12-25(20)31-17-24(13-27(31)36)32(18-34)26(14-28(37)38)22-8-5-11-29-16-22/h2-12,16,18-19,24,26,30H,13-15,17H2,1H3,(H,37,38). The van der Waals surface area contributed by atoms with Crippen LogP contribution in [0, 0.1) is 6.92 Å². The van der Waals surface area contributed by atoms with E-state index >= 15 is 0 Å². The fourth-order valence-corrected chi connectivity index (χ4v) is 4.67. The van der Waals surface area contributed by atoms with Crippen molar-refractivity contribution in [2.45, 2.75) is 38.4 Å². The van der Waals surface area contributed by atoms with Crippen LogP contribution < -0.4 is 15.3 Å². The van der Waals surface area contributed by atoms with Gasteiger partial charge in [0.1, 0.15) is 0 Å². The third-order valence-electron chi connectivity index (χ3n) is 6.61. The second-order valence-electron chi connectivity index (χ2n) is 9.08. The van der Waals surface area contributed by atoms with Crippen molar-refractivity contribution < 1.29 is 24.3 Å². The summed E-state index contributed by atoms with van der Waals surface area (Å²) < 4.78 is 0. The number of anilines is 2. The first-order chi connectivity index (χ1) is 18.4. The number of nitrogens with zero attached hydrogens (tertiary/aromatic N) is 4. The monoisotopic (exact) mass is 515 g/mol. The number of hydrazine groups is 1. The number of aliphatic carboxylic acids is 1. The van der Waals surface area contributed by atoms with Crippen molar-refractivity contribution in [2.75, 3.05) is 16.5 Å². The summed E-state index contributed by atoms with van der Waals surface area (Å²) in [4.78, 5) is 55.9. The van der Waals surface area contributed by atoms with E-state index in [0.717, 1.165) is 11.1 Å². The average molecular weight is 516 g/mol. The second-order valence-corrected chi connectivity index (χ2v) is 9.08. The molecule has 10 heteroatoms. The molecule has 3 aromatic rings. The summed E-state index contributed by atoms with van der Waals surface area (Å²) in [5, 5.41) is 10.9. The Labute approximate surface area is 220 Å². The molecule has 1 aliphatic rings. The molecular formula is C28H29N5O5. The molecule has 0 radical (unpaired) electrons. The Morgan fingerprint density at radius 1 is 1.16 bits per heavy atom. The molecule has 2 aromatic carbocycles. The van der Waals surface area contributed by atoms with Crippen LogP contribution in [0.5, 0.6) is 0 Å². The van der Waals surface area contributed by atoms with Crippen LogP contribution in [0.1, 0.15) is 35.6 Å². The fourth-order valence-electron chi connectivity index (χ4n) is 4.67. The topological polar surface area (TPSA) is 123 Å². The van der Waals surface area contributed by atoms with Gasteiger partial charge in [-0.05, 0) is 41.8 Å². The maximum absolute atomic E-state index is 13.2. The van der Waals surface area contributed by atoms with E-state index in [9.17, 15) is 24.3 Å². The molecule has 196 valence electrons. The first kappa shape index (κ1) is 26.5. The Morgan fingerprint density at radius 3 is 2.61 bits per heavy atom. The number of aryl methyl sites for hydroxylation is 1. The number of rotatable bonds is 12. The molecule has 0 aliphatic carbocycles. The Bertz CT molecular complexity index is 1290. The van der Waals surface area contributed by atoms with Gasteiger partial charge in [0.15, 0.2) is 0 Å². The van der Waals surface area contributed by atoms with E-state index in [0.29, 0.717) is 36.3 Å². The van der Waals surface area contributed by atoms with Crippen LogP contribution in [-0.2, 0) is 25.7 Å². The van der Waals surface area contributed by atoms with Gasteiger partial charge < -0.3 is 14.9 Å². The zero-order chi connectivity index (χ0) is 27.1. The van der Waals surface area contributed by atoms with Crippen LogP contribution in [0.15, 0.2) is 73.1 Å². The van der Waals surface area contributed by atoms with Gasteiger partial charge in [0.25, 0.3) is 0 Å². The smallest absolute Gasteiger partial charge is 0.305 e. The summed E-state index contributed by atoms with van der Waals surface area (Å²) in [7, 11) is 0. The van der Waals surface area contributed by atoms with Crippen LogP contribution in [0.4, 0.5) is 11.4 Å². The Balaban J connectivity index is 1.56. The predicted octanol–water partition coefficient (Wildman–Crippen LogP) is 2.84. The summed E-state index contributed by atoms with van der Waals surface area (Å²) in [5.74, 6) is -1.26. The highest BCUT2D eigenvalue weighted by Gasteiger charge is 2.38. The molecule has 4 rings (SSSR count). The Kier molecular flexibility index (Phi) is 8.44. The molecule has 2 unspecified atom stereocenters. The van der Waals surface area contributed by atoms with Gasteiger partial charge >= 0.3 is 5.97 Å². The lowest BCUT2D eigenvalue weighted by Crippen LogP contribution is -2.40. The van der Waals surface area contributed by atoms with Crippen LogP contribution in [0.25, 0.3) is 0 Å². The molecule has 3 amide bonds. The summed E-state index contributed by atoms with van der Waals surface area (Å²) in [6, 6.07) is 17.1. The number of aromatic nitrogens is 1. The number of carboxylic acids is 1. The molecule has 10 nitrogen and oxygen atoms in total. The maximum Gasteiger partial charge on any atom is 0.305 e. The number of hydrogen-bond donors (Lipinski definition) is 2.